The van der Waals surface area contributed by atoms with Crippen LogP contribution in [0.5, 0.6) is 0 Å². The second-order valence-electron chi connectivity index (χ2n) is 3.79. The maximum atomic E-state index is 5.63. The molecule has 0 atom stereocenters. The Bertz CT molecular complexity index is 503. The minimum Gasteiger partial charge on any atom is -0.326 e. The van der Waals surface area contributed by atoms with E-state index in [9.17, 15) is 0 Å². The average Bonchev–Trinajstić information content (AvgIpc) is 2.82. The fourth-order valence-corrected chi connectivity index (χ4v) is 1.66. The first-order valence-electron chi connectivity index (χ1n) is 5.88. The second-order valence-corrected chi connectivity index (χ2v) is 3.79. The van der Waals surface area contributed by atoms with Crippen molar-refractivity contribution < 1.29 is 0 Å². The molecule has 0 saturated heterocycles. The highest BCUT2D eigenvalue weighted by molar-refractivity contribution is 5.28. The quantitative estimate of drug-likeness (QED) is 0.859. The fourth-order valence-electron chi connectivity index (χ4n) is 1.66. The lowest BCUT2D eigenvalue weighted by Crippen LogP contribution is -2.06. The summed E-state index contributed by atoms with van der Waals surface area (Å²) in [5.74, 6) is 2.57. The molecule has 0 aromatic carbocycles. The monoisotopic (exact) mass is 231 g/mol. The average molecular weight is 231 g/mol. The third-order valence-electron chi connectivity index (χ3n) is 2.61. The standard InChI is InChI=1S/C12H17N5/c1-3-10-15-11(4-2)17(16-10)12-7-9(8-13)5-6-14-12/h5-7H,3-4,8,13H2,1-2H3. The summed E-state index contributed by atoms with van der Waals surface area (Å²) in [6, 6.07) is 3.86. The van der Waals surface area contributed by atoms with Gasteiger partial charge in [-0.2, -0.15) is 4.68 Å². The fraction of sp³-hybridized carbons (Fsp3) is 0.417. The van der Waals surface area contributed by atoms with Gasteiger partial charge < -0.3 is 5.73 Å². The number of pyridine rings is 1. The van der Waals surface area contributed by atoms with Crippen molar-refractivity contribution >= 4 is 0 Å². The van der Waals surface area contributed by atoms with E-state index in [1.165, 1.54) is 0 Å². The zero-order valence-electron chi connectivity index (χ0n) is 10.2. The first kappa shape index (κ1) is 11.7. The molecule has 0 aliphatic heterocycles. The molecule has 0 spiro atoms. The smallest absolute Gasteiger partial charge is 0.155 e. The predicted molar refractivity (Wildman–Crippen MR) is 65.8 cm³/mol. The number of rotatable bonds is 4. The highest BCUT2D eigenvalue weighted by atomic mass is 15.4. The van der Waals surface area contributed by atoms with E-state index in [4.69, 9.17) is 5.73 Å². The van der Waals surface area contributed by atoms with Crippen molar-refractivity contribution in [1.82, 2.24) is 19.7 Å². The van der Waals surface area contributed by atoms with Gasteiger partial charge in [0, 0.05) is 25.6 Å². The van der Waals surface area contributed by atoms with Crippen LogP contribution in [0.1, 0.15) is 31.1 Å². The maximum Gasteiger partial charge on any atom is 0.155 e. The number of aryl methyl sites for hydroxylation is 2. The van der Waals surface area contributed by atoms with E-state index in [1.54, 1.807) is 10.9 Å². The molecule has 2 aromatic heterocycles. The summed E-state index contributed by atoms with van der Waals surface area (Å²) in [6.45, 7) is 4.61. The Morgan fingerprint density at radius 2 is 2.12 bits per heavy atom. The van der Waals surface area contributed by atoms with Gasteiger partial charge in [0.25, 0.3) is 0 Å². The zero-order valence-corrected chi connectivity index (χ0v) is 10.2. The highest BCUT2D eigenvalue weighted by Gasteiger charge is 2.09. The largest absolute Gasteiger partial charge is 0.326 e. The Morgan fingerprint density at radius 3 is 2.76 bits per heavy atom. The van der Waals surface area contributed by atoms with Gasteiger partial charge in [-0.1, -0.05) is 13.8 Å². The summed E-state index contributed by atoms with van der Waals surface area (Å²) >= 11 is 0. The minimum absolute atomic E-state index is 0.506. The Labute approximate surface area is 101 Å². The van der Waals surface area contributed by atoms with E-state index in [-0.39, 0.29) is 0 Å². The number of hydrogen-bond acceptors (Lipinski definition) is 4. The number of aromatic nitrogens is 4. The van der Waals surface area contributed by atoms with Crippen LogP contribution < -0.4 is 5.73 Å². The van der Waals surface area contributed by atoms with Crippen molar-refractivity contribution in [1.29, 1.82) is 0 Å². The molecule has 0 unspecified atom stereocenters. The van der Waals surface area contributed by atoms with Gasteiger partial charge in [0.1, 0.15) is 5.82 Å². The van der Waals surface area contributed by atoms with E-state index in [2.05, 4.69) is 22.0 Å². The highest BCUT2D eigenvalue weighted by Crippen LogP contribution is 2.10. The normalized spacial score (nSPS) is 10.8. The van der Waals surface area contributed by atoms with Crippen LogP contribution in [0.15, 0.2) is 18.3 Å². The van der Waals surface area contributed by atoms with Crippen LogP contribution in [0.3, 0.4) is 0 Å². The topological polar surface area (TPSA) is 69.6 Å². The molecule has 2 N–H and O–H groups in total. The summed E-state index contributed by atoms with van der Waals surface area (Å²) in [5, 5.41) is 4.45. The molecule has 0 fully saturated rings. The second kappa shape index (κ2) is 5.05. The van der Waals surface area contributed by atoms with Gasteiger partial charge in [-0.05, 0) is 17.7 Å². The van der Waals surface area contributed by atoms with Crippen molar-refractivity contribution in [2.24, 2.45) is 5.73 Å². The first-order chi connectivity index (χ1) is 8.28. The molecule has 0 amide bonds. The van der Waals surface area contributed by atoms with Crippen LogP contribution in [-0.4, -0.2) is 19.7 Å². The molecule has 2 heterocycles. The molecule has 5 heteroatoms. The predicted octanol–water partition coefficient (Wildman–Crippen LogP) is 1.25. The molecule has 0 radical (unpaired) electrons. The lowest BCUT2D eigenvalue weighted by atomic mass is 10.2. The lowest BCUT2D eigenvalue weighted by Gasteiger charge is -2.04. The van der Waals surface area contributed by atoms with Gasteiger partial charge in [-0.15, -0.1) is 5.10 Å². The summed E-state index contributed by atoms with van der Waals surface area (Å²) in [7, 11) is 0. The Morgan fingerprint density at radius 1 is 1.29 bits per heavy atom. The van der Waals surface area contributed by atoms with Crippen molar-refractivity contribution in [2.45, 2.75) is 33.2 Å². The van der Waals surface area contributed by atoms with Gasteiger partial charge in [0.2, 0.25) is 0 Å². The van der Waals surface area contributed by atoms with Crippen molar-refractivity contribution in [3.8, 4) is 5.82 Å². The van der Waals surface area contributed by atoms with Gasteiger partial charge in [-0.3, -0.25) is 0 Å². The Balaban J connectivity index is 2.47. The van der Waals surface area contributed by atoms with E-state index < -0.39 is 0 Å². The Kier molecular flexibility index (Phi) is 3.49. The molecule has 0 aliphatic rings. The lowest BCUT2D eigenvalue weighted by molar-refractivity contribution is 0.766. The third kappa shape index (κ3) is 2.34. The van der Waals surface area contributed by atoms with Crippen LogP contribution >= 0.6 is 0 Å². The van der Waals surface area contributed by atoms with Crippen LogP contribution in [0.2, 0.25) is 0 Å². The molecular formula is C12H17N5. The molecule has 2 rings (SSSR count). The summed E-state index contributed by atoms with van der Waals surface area (Å²) < 4.78 is 1.80. The molecule has 17 heavy (non-hydrogen) atoms. The summed E-state index contributed by atoms with van der Waals surface area (Å²) in [4.78, 5) is 8.78. The van der Waals surface area contributed by atoms with Crippen molar-refractivity contribution in [3.05, 3.63) is 35.5 Å². The van der Waals surface area contributed by atoms with Gasteiger partial charge in [0.15, 0.2) is 11.6 Å². The first-order valence-corrected chi connectivity index (χ1v) is 5.88. The van der Waals surface area contributed by atoms with E-state index >= 15 is 0 Å². The zero-order chi connectivity index (χ0) is 12.3. The molecule has 0 aliphatic carbocycles. The molecule has 90 valence electrons. The Hall–Kier alpha value is -1.75. The number of hydrogen-bond donors (Lipinski definition) is 1. The third-order valence-corrected chi connectivity index (χ3v) is 2.61. The minimum atomic E-state index is 0.506. The van der Waals surface area contributed by atoms with E-state index in [1.807, 2.05) is 19.1 Å². The number of nitrogens with two attached hydrogens (primary N) is 1. The van der Waals surface area contributed by atoms with Gasteiger partial charge in [0.05, 0.1) is 0 Å². The van der Waals surface area contributed by atoms with Gasteiger partial charge >= 0.3 is 0 Å². The van der Waals surface area contributed by atoms with E-state index in [0.29, 0.717) is 6.54 Å². The molecule has 2 aromatic rings. The van der Waals surface area contributed by atoms with Crippen LogP contribution in [0.4, 0.5) is 0 Å². The van der Waals surface area contributed by atoms with Crippen molar-refractivity contribution in [3.63, 3.8) is 0 Å². The van der Waals surface area contributed by atoms with Crippen LogP contribution in [0.25, 0.3) is 5.82 Å². The SMILES string of the molecule is CCc1nc(CC)n(-c2cc(CN)ccn2)n1. The van der Waals surface area contributed by atoms with Crippen LogP contribution in [0, 0.1) is 0 Å². The number of nitrogens with zero attached hydrogens (tertiary/aromatic N) is 4. The summed E-state index contributed by atoms with van der Waals surface area (Å²) in [6.07, 6.45) is 3.42. The van der Waals surface area contributed by atoms with Gasteiger partial charge in [-0.25, -0.2) is 9.97 Å². The summed E-state index contributed by atoms with van der Waals surface area (Å²) in [5.41, 5.74) is 6.67. The molecule has 5 nitrogen and oxygen atoms in total. The van der Waals surface area contributed by atoms with Crippen molar-refractivity contribution in [2.75, 3.05) is 0 Å². The molecular weight excluding hydrogens is 214 g/mol. The molecule has 0 saturated carbocycles. The van der Waals surface area contributed by atoms with Crippen LogP contribution in [-0.2, 0) is 19.4 Å². The molecule has 0 bridgehead atoms. The maximum absolute atomic E-state index is 5.63. The van der Waals surface area contributed by atoms with E-state index in [0.717, 1.165) is 35.9 Å².